The molecule has 0 fully saturated rings. The summed E-state index contributed by atoms with van der Waals surface area (Å²) in [5, 5.41) is 0. The van der Waals surface area contributed by atoms with Gasteiger partial charge < -0.3 is 9.72 Å². The number of nitrogens with one attached hydrogen (secondary N) is 1. The summed E-state index contributed by atoms with van der Waals surface area (Å²) in [5.74, 6) is 1.65. The van der Waals surface area contributed by atoms with E-state index < -0.39 is 0 Å². The lowest BCUT2D eigenvalue weighted by molar-refractivity contribution is 0.0523. The molecule has 0 radical (unpaired) electrons. The maximum Gasteiger partial charge on any atom is 0.355 e. The van der Waals surface area contributed by atoms with E-state index in [9.17, 15) is 9.59 Å². The van der Waals surface area contributed by atoms with Gasteiger partial charge in [0.1, 0.15) is 12.3 Å². The maximum absolute atomic E-state index is 12.9. The van der Waals surface area contributed by atoms with Crippen molar-refractivity contribution in [2.24, 2.45) is 0 Å². The molecule has 1 aliphatic carbocycles. The highest BCUT2D eigenvalue weighted by molar-refractivity contribution is 7.99. The fourth-order valence-corrected chi connectivity index (χ4v) is 4.43. The number of H-pyrrole nitrogens is 1. The average molecular weight is 414 g/mol. The molecule has 1 aromatic carbocycles. The third-order valence-corrected chi connectivity index (χ3v) is 6.47. The molecular formula is C24H31NO3S. The summed E-state index contributed by atoms with van der Waals surface area (Å²) in [5.41, 5.74) is 5.25. The second kappa shape index (κ2) is 8.78. The first kappa shape index (κ1) is 21.7. The van der Waals surface area contributed by atoms with Crippen LogP contribution in [0.25, 0.3) is 0 Å². The molecule has 0 bridgehead atoms. The van der Waals surface area contributed by atoms with Crippen molar-refractivity contribution < 1.29 is 14.3 Å². The number of ether oxygens (including phenoxy) is 1. The number of carbonyl (C=O) groups excluding carboxylic acids is 2. The molecule has 4 nitrogen and oxygen atoms in total. The largest absolute Gasteiger partial charge is 0.460 e. The molecule has 2 aromatic rings. The van der Waals surface area contributed by atoms with Crippen LogP contribution in [0.5, 0.6) is 0 Å². The third-order valence-electron chi connectivity index (χ3n) is 5.61. The van der Waals surface area contributed by atoms with Crippen LogP contribution in [0.4, 0.5) is 0 Å². The summed E-state index contributed by atoms with van der Waals surface area (Å²) in [6, 6.07) is 8.60. The lowest BCUT2D eigenvalue weighted by Crippen LogP contribution is -2.19. The van der Waals surface area contributed by atoms with E-state index in [2.05, 4.69) is 56.9 Å². The number of ketones is 1. The Hall–Kier alpha value is -2.01. The number of esters is 1. The number of aromatic nitrogens is 1. The molecule has 0 saturated heterocycles. The van der Waals surface area contributed by atoms with Crippen LogP contribution in [0.15, 0.2) is 24.3 Å². The molecule has 0 spiro atoms. The van der Waals surface area contributed by atoms with Crippen LogP contribution in [0.3, 0.4) is 0 Å². The summed E-state index contributed by atoms with van der Waals surface area (Å²) in [4.78, 5) is 28.5. The Kier molecular flexibility index (Phi) is 6.57. The molecule has 1 aliphatic rings. The summed E-state index contributed by atoms with van der Waals surface area (Å²) >= 11 is 1.74. The van der Waals surface area contributed by atoms with Crippen molar-refractivity contribution in [2.75, 3.05) is 18.1 Å². The van der Waals surface area contributed by atoms with Crippen LogP contribution < -0.4 is 0 Å². The molecule has 29 heavy (non-hydrogen) atoms. The SMILES string of the molecule is CCSCCOC(=O)c1[nH]c2c(c1C)C(=O)C[C@@H](c1ccc(C(C)(C)C)cc1)C2. The van der Waals surface area contributed by atoms with Gasteiger partial charge in [-0.05, 0) is 47.1 Å². The van der Waals surface area contributed by atoms with E-state index in [0.29, 0.717) is 24.3 Å². The molecular weight excluding hydrogens is 382 g/mol. The zero-order valence-electron chi connectivity index (χ0n) is 18.1. The van der Waals surface area contributed by atoms with E-state index in [4.69, 9.17) is 4.74 Å². The van der Waals surface area contributed by atoms with Gasteiger partial charge in [-0.2, -0.15) is 11.8 Å². The second-order valence-electron chi connectivity index (χ2n) is 8.71. The van der Waals surface area contributed by atoms with Crippen molar-refractivity contribution in [3.05, 3.63) is 57.9 Å². The van der Waals surface area contributed by atoms with E-state index >= 15 is 0 Å². The highest BCUT2D eigenvalue weighted by Crippen LogP contribution is 2.36. The highest BCUT2D eigenvalue weighted by atomic mass is 32.2. The van der Waals surface area contributed by atoms with Gasteiger partial charge in [-0.1, -0.05) is 52.0 Å². The molecule has 0 aliphatic heterocycles. The lowest BCUT2D eigenvalue weighted by atomic mass is 9.80. The van der Waals surface area contributed by atoms with E-state index in [1.807, 2.05) is 6.92 Å². The number of hydrogen-bond acceptors (Lipinski definition) is 4. The van der Waals surface area contributed by atoms with Crippen molar-refractivity contribution >= 4 is 23.5 Å². The molecule has 5 heteroatoms. The Bertz CT molecular complexity index is 890. The van der Waals surface area contributed by atoms with Gasteiger partial charge in [-0.25, -0.2) is 4.79 Å². The number of benzene rings is 1. The van der Waals surface area contributed by atoms with Gasteiger partial charge in [0.05, 0.1) is 0 Å². The molecule has 1 N–H and O–H groups in total. The zero-order valence-corrected chi connectivity index (χ0v) is 18.9. The first-order valence-electron chi connectivity index (χ1n) is 10.3. The quantitative estimate of drug-likeness (QED) is 0.506. The predicted molar refractivity (Wildman–Crippen MR) is 119 cm³/mol. The van der Waals surface area contributed by atoms with Crippen molar-refractivity contribution in [3.8, 4) is 0 Å². The summed E-state index contributed by atoms with van der Waals surface area (Å²) in [6.45, 7) is 10.9. The first-order chi connectivity index (χ1) is 13.7. The summed E-state index contributed by atoms with van der Waals surface area (Å²) < 4.78 is 5.38. The Balaban J connectivity index is 1.78. The van der Waals surface area contributed by atoms with Gasteiger partial charge >= 0.3 is 5.97 Å². The number of Topliss-reactive ketones (excluding diaryl/α,β-unsaturated/α-hetero) is 1. The lowest BCUT2D eigenvalue weighted by Gasteiger charge is -2.24. The average Bonchev–Trinajstić information content (AvgIpc) is 3.01. The van der Waals surface area contributed by atoms with E-state index in [1.165, 1.54) is 11.1 Å². The topological polar surface area (TPSA) is 59.2 Å². The molecule has 3 rings (SSSR count). The normalized spacial score (nSPS) is 16.6. The number of fused-ring (bicyclic) bond motifs is 1. The standard InChI is InChI=1S/C24H31NO3S/c1-6-29-12-11-28-23(27)22-15(2)21-19(25-22)13-17(14-20(21)26)16-7-9-18(10-8-16)24(3,4)5/h7-10,17,25H,6,11-14H2,1-5H3/t17-/m0/s1. The Morgan fingerprint density at radius 1 is 1.21 bits per heavy atom. The highest BCUT2D eigenvalue weighted by Gasteiger charge is 2.32. The number of thioether (sulfide) groups is 1. The third kappa shape index (κ3) is 4.77. The Labute approximate surface area is 177 Å². The number of aromatic amines is 1. The van der Waals surface area contributed by atoms with Gasteiger partial charge in [0.15, 0.2) is 5.78 Å². The fraction of sp³-hybridized carbons (Fsp3) is 0.500. The zero-order chi connectivity index (χ0) is 21.2. The van der Waals surface area contributed by atoms with Crippen molar-refractivity contribution in [2.45, 2.75) is 58.8 Å². The molecule has 0 saturated carbocycles. The van der Waals surface area contributed by atoms with Gasteiger partial charge in [0.25, 0.3) is 0 Å². The Morgan fingerprint density at radius 3 is 2.52 bits per heavy atom. The Morgan fingerprint density at radius 2 is 1.90 bits per heavy atom. The van der Waals surface area contributed by atoms with Gasteiger partial charge in [0, 0.05) is 23.4 Å². The monoisotopic (exact) mass is 413 g/mol. The molecule has 1 heterocycles. The number of hydrogen-bond donors (Lipinski definition) is 1. The summed E-state index contributed by atoms with van der Waals surface area (Å²) in [7, 11) is 0. The fourth-order valence-electron chi connectivity index (χ4n) is 3.94. The van der Waals surface area contributed by atoms with Gasteiger partial charge in [-0.3, -0.25) is 4.79 Å². The van der Waals surface area contributed by atoms with Crippen molar-refractivity contribution in [1.82, 2.24) is 4.98 Å². The minimum Gasteiger partial charge on any atom is -0.460 e. The van der Waals surface area contributed by atoms with Crippen LogP contribution in [-0.2, 0) is 16.6 Å². The minimum atomic E-state index is -0.368. The van der Waals surface area contributed by atoms with Crippen LogP contribution in [0.2, 0.25) is 0 Å². The van der Waals surface area contributed by atoms with Crippen LogP contribution in [0, 0.1) is 6.92 Å². The molecule has 1 atom stereocenters. The van der Waals surface area contributed by atoms with Gasteiger partial charge in [0.2, 0.25) is 0 Å². The van der Waals surface area contributed by atoms with E-state index in [1.54, 1.807) is 11.8 Å². The summed E-state index contributed by atoms with van der Waals surface area (Å²) in [6.07, 6.45) is 1.21. The smallest absolute Gasteiger partial charge is 0.355 e. The molecule has 0 amide bonds. The number of carbonyl (C=O) groups is 2. The second-order valence-corrected chi connectivity index (χ2v) is 10.1. The van der Waals surface area contributed by atoms with Crippen LogP contribution in [-0.4, -0.2) is 34.8 Å². The molecule has 0 unspecified atom stereocenters. The van der Waals surface area contributed by atoms with E-state index in [0.717, 1.165) is 29.2 Å². The van der Waals surface area contributed by atoms with Crippen molar-refractivity contribution in [3.63, 3.8) is 0 Å². The van der Waals surface area contributed by atoms with Crippen molar-refractivity contribution in [1.29, 1.82) is 0 Å². The number of rotatable bonds is 6. The minimum absolute atomic E-state index is 0.102. The predicted octanol–water partition coefficient (Wildman–Crippen LogP) is 5.44. The maximum atomic E-state index is 12.9. The van der Waals surface area contributed by atoms with E-state index in [-0.39, 0.29) is 23.1 Å². The molecule has 1 aromatic heterocycles. The van der Waals surface area contributed by atoms with Crippen LogP contribution in [0.1, 0.15) is 83.3 Å². The van der Waals surface area contributed by atoms with Crippen LogP contribution >= 0.6 is 11.8 Å². The first-order valence-corrected chi connectivity index (χ1v) is 11.5. The molecule has 156 valence electrons. The van der Waals surface area contributed by atoms with Gasteiger partial charge in [-0.15, -0.1) is 0 Å².